The molecule has 4 aliphatic carbocycles. The van der Waals surface area contributed by atoms with Gasteiger partial charge in [-0.05, 0) is 80.0 Å². The summed E-state index contributed by atoms with van der Waals surface area (Å²) in [5, 5.41) is 9.31. The zero-order valence-electron chi connectivity index (χ0n) is 16.0. The van der Waals surface area contributed by atoms with Gasteiger partial charge in [-0.25, -0.2) is 0 Å². The lowest BCUT2D eigenvalue weighted by molar-refractivity contribution is -0.144. The number of carbonyl (C=O) groups excluding carboxylic acids is 1. The standard InChI is InChI=1S/C22H32O3/c1-14(2)15-5-6-16-19(3)9-7-17(23)20(19,4)11-12-22(16)13-21(15,22)10-8-18(24)25/h15-16H,1,5-13H2,2-4H3,(H,24,25)/t15-,16-,19-,20+,21+,22-/m0/s1. The number of fused-ring (bicyclic) bond motifs is 2. The van der Waals surface area contributed by atoms with E-state index in [0.717, 1.165) is 44.9 Å². The predicted octanol–water partition coefficient (Wildman–Crippen LogP) is 5.00. The van der Waals surface area contributed by atoms with Gasteiger partial charge in [-0.2, -0.15) is 0 Å². The minimum absolute atomic E-state index is 0.105. The van der Waals surface area contributed by atoms with Crippen molar-refractivity contribution in [3.63, 3.8) is 0 Å². The normalized spacial score (nSPS) is 50.6. The van der Waals surface area contributed by atoms with E-state index in [1.807, 2.05) is 0 Å². The van der Waals surface area contributed by atoms with Gasteiger partial charge in [0.25, 0.3) is 0 Å². The first kappa shape index (κ1) is 17.3. The molecule has 0 bridgehead atoms. The largest absolute Gasteiger partial charge is 0.481 e. The van der Waals surface area contributed by atoms with Crippen LogP contribution in [-0.4, -0.2) is 16.9 Å². The summed E-state index contributed by atoms with van der Waals surface area (Å²) in [5.41, 5.74) is 1.59. The Hall–Kier alpha value is -1.12. The van der Waals surface area contributed by atoms with E-state index in [1.165, 1.54) is 12.0 Å². The van der Waals surface area contributed by atoms with E-state index in [0.29, 0.717) is 17.6 Å². The van der Waals surface area contributed by atoms with Crippen molar-refractivity contribution in [3.05, 3.63) is 12.2 Å². The molecule has 0 heterocycles. The highest BCUT2D eigenvalue weighted by Crippen LogP contribution is 2.86. The highest BCUT2D eigenvalue weighted by atomic mass is 16.4. The van der Waals surface area contributed by atoms with E-state index in [1.54, 1.807) is 0 Å². The third kappa shape index (κ3) is 1.88. The molecule has 0 aliphatic heterocycles. The lowest BCUT2D eigenvalue weighted by Gasteiger charge is -2.58. The molecule has 0 saturated heterocycles. The van der Waals surface area contributed by atoms with E-state index in [-0.39, 0.29) is 28.1 Å². The third-order valence-electron chi connectivity index (χ3n) is 9.54. The Balaban J connectivity index is 1.73. The molecular formula is C22H32O3. The molecule has 1 N–H and O–H groups in total. The predicted molar refractivity (Wildman–Crippen MR) is 97.1 cm³/mol. The first-order chi connectivity index (χ1) is 11.6. The number of Topliss-reactive ketones (excluding diaryl/α,β-unsaturated/α-hetero) is 1. The van der Waals surface area contributed by atoms with Crippen LogP contribution in [0, 0.1) is 33.5 Å². The lowest BCUT2D eigenvalue weighted by Crippen LogP contribution is -2.54. The van der Waals surface area contributed by atoms with Gasteiger partial charge in [0.2, 0.25) is 0 Å². The van der Waals surface area contributed by atoms with Crippen LogP contribution in [0.15, 0.2) is 12.2 Å². The maximum Gasteiger partial charge on any atom is 0.303 e. The van der Waals surface area contributed by atoms with Crippen LogP contribution < -0.4 is 0 Å². The van der Waals surface area contributed by atoms with Gasteiger partial charge in [0.1, 0.15) is 5.78 Å². The smallest absolute Gasteiger partial charge is 0.303 e. The van der Waals surface area contributed by atoms with Crippen LogP contribution in [0.2, 0.25) is 0 Å². The van der Waals surface area contributed by atoms with E-state index in [2.05, 4.69) is 27.4 Å². The summed E-state index contributed by atoms with van der Waals surface area (Å²) in [6.07, 6.45) is 8.41. The summed E-state index contributed by atoms with van der Waals surface area (Å²) in [4.78, 5) is 24.0. The number of carboxylic acid groups (broad SMARTS) is 1. The number of hydrogen-bond donors (Lipinski definition) is 1. The molecule has 4 aliphatic rings. The van der Waals surface area contributed by atoms with Crippen LogP contribution in [-0.2, 0) is 9.59 Å². The van der Waals surface area contributed by atoms with Crippen LogP contribution in [0.4, 0.5) is 0 Å². The van der Waals surface area contributed by atoms with Crippen LogP contribution in [0.5, 0.6) is 0 Å². The van der Waals surface area contributed by atoms with Crippen LogP contribution in [0.1, 0.15) is 78.6 Å². The molecule has 4 rings (SSSR count). The Morgan fingerprint density at radius 2 is 1.96 bits per heavy atom. The summed E-state index contributed by atoms with van der Waals surface area (Å²) in [5.74, 6) is 0.841. The number of hydrogen-bond acceptors (Lipinski definition) is 2. The lowest BCUT2D eigenvalue weighted by atomic mass is 9.45. The van der Waals surface area contributed by atoms with Crippen molar-refractivity contribution in [2.45, 2.75) is 78.6 Å². The number of ketones is 1. The number of carbonyl (C=O) groups is 2. The number of allylic oxidation sites excluding steroid dienone is 1. The van der Waals surface area contributed by atoms with Gasteiger partial charge in [0.05, 0.1) is 0 Å². The molecule has 0 radical (unpaired) electrons. The van der Waals surface area contributed by atoms with Crippen molar-refractivity contribution >= 4 is 11.8 Å². The molecule has 4 fully saturated rings. The van der Waals surface area contributed by atoms with E-state index < -0.39 is 5.97 Å². The summed E-state index contributed by atoms with van der Waals surface area (Å²) >= 11 is 0. The zero-order chi connectivity index (χ0) is 18.3. The van der Waals surface area contributed by atoms with Crippen LogP contribution in [0.25, 0.3) is 0 Å². The minimum atomic E-state index is -0.679. The monoisotopic (exact) mass is 344 g/mol. The first-order valence-electron chi connectivity index (χ1n) is 10.0. The van der Waals surface area contributed by atoms with Gasteiger partial charge in [0.15, 0.2) is 0 Å². The topological polar surface area (TPSA) is 54.4 Å². The Kier molecular flexibility index (Phi) is 3.45. The van der Waals surface area contributed by atoms with Crippen molar-refractivity contribution in [1.29, 1.82) is 0 Å². The number of aliphatic carboxylic acids is 1. The Labute approximate surface area is 151 Å². The van der Waals surface area contributed by atoms with Gasteiger partial charge in [-0.1, -0.05) is 26.0 Å². The fourth-order valence-corrected chi connectivity index (χ4v) is 8.04. The van der Waals surface area contributed by atoms with Gasteiger partial charge < -0.3 is 5.11 Å². The number of rotatable bonds is 4. The molecule has 0 amide bonds. The molecule has 25 heavy (non-hydrogen) atoms. The molecule has 3 heteroatoms. The first-order valence-corrected chi connectivity index (χ1v) is 10.0. The second-order valence-corrected chi connectivity index (χ2v) is 10.1. The summed E-state index contributed by atoms with van der Waals surface area (Å²) in [6, 6.07) is 0. The van der Waals surface area contributed by atoms with Gasteiger partial charge >= 0.3 is 5.97 Å². The van der Waals surface area contributed by atoms with Crippen LogP contribution in [0.3, 0.4) is 0 Å². The molecule has 4 saturated carbocycles. The maximum atomic E-state index is 12.7. The molecule has 138 valence electrons. The molecule has 0 aromatic heterocycles. The van der Waals surface area contributed by atoms with E-state index in [4.69, 9.17) is 0 Å². The maximum absolute atomic E-state index is 12.7. The SMILES string of the molecule is C=C(C)[C@@H]1CC[C@@H]2[C@]3(CC[C@]4(C)C(=O)CC[C@@]24C)C[C@]13CCC(=O)O. The Morgan fingerprint density at radius 3 is 2.60 bits per heavy atom. The van der Waals surface area contributed by atoms with Crippen molar-refractivity contribution in [2.75, 3.05) is 0 Å². The molecule has 3 nitrogen and oxygen atoms in total. The van der Waals surface area contributed by atoms with Gasteiger partial charge in [-0.3, -0.25) is 9.59 Å². The van der Waals surface area contributed by atoms with Crippen molar-refractivity contribution in [3.8, 4) is 0 Å². The molecule has 1 spiro atoms. The average molecular weight is 344 g/mol. The average Bonchev–Trinajstić information content (AvgIpc) is 3.16. The van der Waals surface area contributed by atoms with Gasteiger partial charge in [-0.15, -0.1) is 0 Å². The van der Waals surface area contributed by atoms with Crippen molar-refractivity contribution in [2.24, 2.45) is 33.5 Å². The number of carboxylic acids is 1. The highest BCUT2D eigenvalue weighted by molar-refractivity contribution is 5.88. The fraction of sp³-hybridized carbons (Fsp3) is 0.818. The van der Waals surface area contributed by atoms with Crippen molar-refractivity contribution in [1.82, 2.24) is 0 Å². The van der Waals surface area contributed by atoms with E-state index in [9.17, 15) is 14.7 Å². The minimum Gasteiger partial charge on any atom is -0.481 e. The summed E-state index contributed by atoms with van der Waals surface area (Å²) < 4.78 is 0. The molecular weight excluding hydrogens is 312 g/mol. The second-order valence-electron chi connectivity index (χ2n) is 10.1. The molecule has 0 aromatic carbocycles. The summed E-state index contributed by atoms with van der Waals surface area (Å²) in [7, 11) is 0. The zero-order valence-corrected chi connectivity index (χ0v) is 16.0. The van der Waals surface area contributed by atoms with Crippen LogP contribution >= 0.6 is 0 Å². The molecule has 0 unspecified atom stereocenters. The highest BCUT2D eigenvalue weighted by Gasteiger charge is 2.80. The van der Waals surface area contributed by atoms with Gasteiger partial charge in [0, 0.05) is 18.3 Å². The van der Waals surface area contributed by atoms with Crippen molar-refractivity contribution < 1.29 is 14.7 Å². The quantitative estimate of drug-likeness (QED) is 0.730. The third-order valence-corrected chi connectivity index (χ3v) is 9.54. The fourth-order valence-electron chi connectivity index (χ4n) is 8.04. The van der Waals surface area contributed by atoms with E-state index >= 15 is 0 Å². The second kappa shape index (κ2) is 4.98. The molecule has 0 aromatic rings. The Bertz CT molecular complexity index is 666. The summed E-state index contributed by atoms with van der Waals surface area (Å²) in [6.45, 7) is 11.0. The Morgan fingerprint density at radius 1 is 1.24 bits per heavy atom. The molecule has 6 atom stereocenters.